The molecule has 1 heterocycles. The normalized spacial score (nSPS) is 10.1. The van der Waals surface area contributed by atoms with Crippen LogP contribution in [-0.4, -0.2) is 14.9 Å². The van der Waals surface area contributed by atoms with Gasteiger partial charge in [-0.25, -0.2) is 0 Å². The number of benzene rings is 1. The van der Waals surface area contributed by atoms with Gasteiger partial charge in [-0.3, -0.25) is 15.1 Å². The van der Waals surface area contributed by atoms with Crippen molar-refractivity contribution < 1.29 is 9.66 Å². The first-order valence-corrected chi connectivity index (χ1v) is 5.14. The van der Waals surface area contributed by atoms with Gasteiger partial charge in [0.15, 0.2) is 0 Å². The van der Waals surface area contributed by atoms with Gasteiger partial charge in [0.25, 0.3) is 0 Å². The molecule has 0 bridgehead atoms. The van der Waals surface area contributed by atoms with Gasteiger partial charge in [0, 0.05) is 6.07 Å². The Morgan fingerprint density at radius 3 is 2.83 bits per heavy atom. The highest BCUT2D eigenvalue weighted by atomic mass is 35.5. The van der Waals surface area contributed by atoms with Crippen LogP contribution in [0, 0.1) is 10.1 Å². The fourth-order valence-electron chi connectivity index (χ4n) is 1.26. The van der Waals surface area contributed by atoms with Crippen LogP contribution in [0.3, 0.4) is 0 Å². The van der Waals surface area contributed by atoms with Gasteiger partial charge in [-0.15, -0.1) is 0 Å². The van der Waals surface area contributed by atoms with Gasteiger partial charge in [0.1, 0.15) is 5.82 Å². The van der Waals surface area contributed by atoms with Gasteiger partial charge in [-0.2, -0.15) is 4.98 Å². The summed E-state index contributed by atoms with van der Waals surface area (Å²) < 4.78 is 5.26. The molecule has 0 saturated heterocycles. The number of nitrogens with two attached hydrogens (primary N) is 1. The Hall–Kier alpha value is -2.41. The summed E-state index contributed by atoms with van der Waals surface area (Å²) in [5.41, 5.74) is 5.17. The van der Waals surface area contributed by atoms with Crippen LogP contribution in [0.2, 0.25) is 5.02 Å². The number of nitro benzene ring substituents is 1. The molecular weight excluding hydrogens is 260 g/mol. The van der Waals surface area contributed by atoms with E-state index in [9.17, 15) is 10.1 Å². The van der Waals surface area contributed by atoms with E-state index in [1.807, 2.05) is 0 Å². The number of rotatable bonds is 3. The minimum Gasteiger partial charge on any atom is -0.429 e. The van der Waals surface area contributed by atoms with Crippen molar-refractivity contribution in [3.05, 3.63) is 45.7 Å². The summed E-state index contributed by atoms with van der Waals surface area (Å²) in [4.78, 5) is 17.8. The van der Waals surface area contributed by atoms with Crippen molar-refractivity contribution >= 4 is 23.1 Å². The third kappa shape index (κ3) is 2.46. The first-order chi connectivity index (χ1) is 8.58. The van der Waals surface area contributed by atoms with Gasteiger partial charge in [-0.1, -0.05) is 17.7 Å². The van der Waals surface area contributed by atoms with Crippen molar-refractivity contribution in [1.82, 2.24) is 9.97 Å². The van der Waals surface area contributed by atoms with Crippen molar-refractivity contribution in [3.8, 4) is 11.6 Å². The molecule has 0 amide bonds. The number of aromatic nitrogens is 2. The number of nitro groups is 1. The third-order valence-electron chi connectivity index (χ3n) is 1.98. The number of hydrogen-bond donors (Lipinski definition) is 1. The number of ether oxygens (including phenoxy) is 1. The van der Waals surface area contributed by atoms with Crippen LogP contribution >= 0.6 is 11.6 Å². The molecule has 0 atom stereocenters. The number of nitrogen functional groups attached to an aromatic ring is 1. The number of halogens is 1. The molecule has 8 heteroatoms. The van der Waals surface area contributed by atoms with Crippen LogP contribution in [0.5, 0.6) is 11.6 Å². The van der Waals surface area contributed by atoms with Gasteiger partial charge in [0.2, 0.25) is 11.6 Å². The average Bonchev–Trinajstić information content (AvgIpc) is 2.31. The predicted molar refractivity (Wildman–Crippen MR) is 64.6 cm³/mol. The van der Waals surface area contributed by atoms with Gasteiger partial charge >= 0.3 is 5.69 Å². The van der Waals surface area contributed by atoms with Gasteiger partial charge in [0.05, 0.1) is 22.3 Å². The van der Waals surface area contributed by atoms with Crippen LogP contribution in [-0.2, 0) is 0 Å². The Bertz CT molecular complexity index is 605. The minimum atomic E-state index is -0.596. The lowest BCUT2D eigenvalue weighted by Crippen LogP contribution is -1.98. The van der Waals surface area contributed by atoms with Crippen LogP contribution in [0.4, 0.5) is 11.5 Å². The van der Waals surface area contributed by atoms with Crippen LogP contribution < -0.4 is 10.5 Å². The monoisotopic (exact) mass is 266 g/mol. The van der Waals surface area contributed by atoms with E-state index in [0.717, 1.165) is 0 Å². The summed E-state index contributed by atoms with van der Waals surface area (Å²) in [5.74, 6) is 0.0810. The zero-order chi connectivity index (χ0) is 13.1. The smallest absolute Gasteiger partial charge is 0.313 e. The predicted octanol–water partition coefficient (Wildman–Crippen LogP) is 2.41. The summed E-state index contributed by atoms with van der Waals surface area (Å²) >= 11 is 5.85. The highest BCUT2D eigenvalue weighted by Gasteiger charge is 2.19. The van der Waals surface area contributed by atoms with E-state index in [1.165, 1.54) is 30.6 Å². The number of nitrogens with zero attached hydrogens (tertiary/aromatic N) is 3. The van der Waals surface area contributed by atoms with Crippen LogP contribution in [0.25, 0.3) is 0 Å². The van der Waals surface area contributed by atoms with Crippen molar-refractivity contribution in [1.29, 1.82) is 0 Å². The Balaban J connectivity index is 2.42. The fourth-order valence-corrected chi connectivity index (χ4v) is 1.47. The summed E-state index contributed by atoms with van der Waals surface area (Å²) in [7, 11) is 0. The first kappa shape index (κ1) is 12.1. The molecule has 0 unspecified atom stereocenters. The maximum Gasteiger partial charge on any atom is 0.313 e. The lowest BCUT2D eigenvalue weighted by Gasteiger charge is -2.06. The molecule has 0 aliphatic rings. The fraction of sp³-hybridized carbons (Fsp3) is 0. The molecule has 0 fully saturated rings. The second-order valence-electron chi connectivity index (χ2n) is 3.23. The molecule has 7 nitrogen and oxygen atoms in total. The number of para-hydroxylation sites is 1. The van der Waals surface area contributed by atoms with Crippen LogP contribution in [0.1, 0.15) is 0 Å². The van der Waals surface area contributed by atoms with E-state index >= 15 is 0 Å². The molecular formula is C10H7ClN4O3. The van der Waals surface area contributed by atoms with Crippen molar-refractivity contribution in [2.45, 2.75) is 0 Å². The highest BCUT2D eigenvalue weighted by Crippen LogP contribution is 2.37. The topological polar surface area (TPSA) is 104 Å². The molecule has 0 spiro atoms. The number of anilines is 1. The molecule has 2 N–H and O–H groups in total. The molecule has 2 aromatic rings. The maximum absolute atomic E-state index is 10.8. The second kappa shape index (κ2) is 4.84. The van der Waals surface area contributed by atoms with E-state index < -0.39 is 4.92 Å². The lowest BCUT2D eigenvalue weighted by atomic mass is 10.3. The van der Waals surface area contributed by atoms with E-state index in [2.05, 4.69) is 9.97 Å². The SMILES string of the molecule is Nc1cncc(Oc2c(Cl)cccc2[N+](=O)[O-])n1. The largest absolute Gasteiger partial charge is 0.429 e. The Labute approximate surface area is 106 Å². The summed E-state index contributed by atoms with van der Waals surface area (Å²) in [6, 6.07) is 4.21. The molecule has 92 valence electrons. The summed E-state index contributed by atoms with van der Waals surface area (Å²) in [5, 5.41) is 10.9. The van der Waals surface area contributed by atoms with E-state index in [1.54, 1.807) is 0 Å². The quantitative estimate of drug-likeness (QED) is 0.676. The van der Waals surface area contributed by atoms with E-state index in [0.29, 0.717) is 0 Å². The Morgan fingerprint density at radius 1 is 1.39 bits per heavy atom. The molecule has 0 aliphatic heterocycles. The molecule has 18 heavy (non-hydrogen) atoms. The van der Waals surface area contributed by atoms with Gasteiger partial charge in [-0.05, 0) is 6.07 Å². The van der Waals surface area contributed by atoms with Crippen LogP contribution in [0.15, 0.2) is 30.6 Å². The summed E-state index contributed by atoms with van der Waals surface area (Å²) in [6.07, 6.45) is 2.61. The van der Waals surface area contributed by atoms with Crippen molar-refractivity contribution in [2.24, 2.45) is 0 Å². The summed E-state index contributed by atoms with van der Waals surface area (Å²) in [6.45, 7) is 0. The molecule has 2 rings (SSSR count). The Morgan fingerprint density at radius 2 is 2.17 bits per heavy atom. The molecule has 1 aromatic carbocycles. The minimum absolute atomic E-state index is 0.0335. The van der Waals surface area contributed by atoms with E-state index in [-0.39, 0.29) is 28.2 Å². The third-order valence-corrected chi connectivity index (χ3v) is 2.28. The lowest BCUT2D eigenvalue weighted by molar-refractivity contribution is -0.385. The van der Waals surface area contributed by atoms with Crippen molar-refractivity contribution in [2.75, 3.05) is 5.73 Å². The maximum atomic E-state index is 10.8. The Kier molecular flexibility index (Phi) is 3.24. The molecule has 0 radical (unpaired) electrons. The molecule has 0 saturated carbocycles. The standard InChI is InChI=1S/C10H7ClN4O3/c11-6-2-1-3-7(15(16)17)10(6)18-9-5-13-4-8(12)14-9/h1-5H,(H2,12,14). The van der Waals surface area contributed by atoms with Crippen molar-refractivity contribution in [3.63, 3.8) is 0 Å². The molecule has 1 aromatic heterocycles. The van der Waals surface area contributed by atoms with Gasteiger partial charge < -0.3 is 10.5 Å². The highest BCUT2D eigenvalue weighted by molar-refractivity contribution is 6.32. The zero-order valence-electron chi connectivity index (χ0n) is 8.91. The average molecular weight is 267 g/mol. The second-order valence-corrected chi connectivity index (χ2v) is 3.64. The molecule has 0 aliphatic carbocycles. The number of hydrogen-bond acceptors (Lipinski definition) is 6. The van der Waals surface area contributed by atoms with E-state index in [4.69, 9.17) is 22.1 Å². The zero-order valence-corrected chi connectivity index (χ0v) is 9.66. The first-order valence-electron chi connectivity index (χ1n) is 4.76.